The first kappa shape index (κ1) is 17.8. The molecule has 0 aliphatic carbocycles. The molecule has 3 aromatic rings. The standard InChI is InChI=1S/C15H6Br4O5/c16-6-1-4(2-7(17)12(6)21)5-3-24-15-8(11(5)20)13(22)9(18)14(23)10(15)19/h1-3,21-23H. The predicted octanol–water partition coefficient (Wildman–Crippen LogP) is 5.63. The molecule has 0 radical (unpaired) electrons. The number of phenols is 3. The maximum Gasteiger partial charge on any atom is 0.204 e. The quantitative estimate of drug-likeness (QED) is 0.345. The number of hydrogen-bond donors (Lipinski definition) is 3. The van der Waals surface area contributed by atoms with Crippen LogP contribution < -0.4 is 5.43 Å². The summed E-state index contributed by atoms with van der Waals surface area (Å²) in [4.78, 5) is 12.8. The summed E-state index contributed by atoms with van der Waals surface area (Å²) >= 11 is 12.6. The molecule has 2 aromatic carbocycles. The molecule has 0 fully saturated rings. The second-order valence-corrected chi connectivity index (χ2v) is 8.09. The van der Waals surface area contributed by atoms with Gasteiger partial charge < -0.3 is 19.7 Å². The predicted molar refractivity (Wildman–Crippen MR) is 104 cm³/mol. The van der Waals surface area contributed by atoms with Gasteiger partial charge in [-0.2, -0.15) is 0 Å². The molecule has 0 unspecified atom stereocenters. The lowest BCUT2D eigenvalue weighted by Crippen LogP contribution is -2.06. The van der Waals surface area contributed by atoms with Gasteiger partial charge >= 0.3 is 0 Å². The van der Waals surface area contributed by atoms with Crippen LogP contribution in [-0.4, -0.2) is 15.3 Å². The molecule has 124 valence electrons. The first-order valence-electron chi connectivity index (χ1n) is 6.26. The molecule has 0 saturated heterocycles. The van der Waals surface area contributed by atoms with Gasteiger partial charge in [0.05, 0.1) is 14.5 Å². The minimum atomic E-state index is -0.486. The summed E-state index contributed by atoms with van der Waals surface area (Å²) in [6.45, 7) is 0. The summed E-state index contributed by atoms with van der Waals surface area (Å²) in [5.74, 6) is -0.689. The van der Waals surface area contributed by atoms with Gasteiger partial charge in [0.2, 0.25) is 5.43 Å². The second-order valence-electron chi connectivity index (χ2n) is 4.80. The fourth-order valence-corrected chi connectivity index (χ4v) is 4.53. The summed E-state index contributed by atoms with van der Waals surface area (Å²) in [6, 6.07) is 3.11. The molecule has 0 aliphatic rings. The monoisotopic (exact) mass is 582 g/mol. The van der Waals surface area contributed by atoms with Crippen LogP contribution in [0.4, 0.5) is 0 Å². The second kappa shape index (κ2) is 6.36. The Morgan fingerprint density at radius 1 is 0.833 bits per heavy atom. The Hall–Kier alpha value is -1.03. The van der Waals surface area contributed by atoms with Gasteiger partial charge in [0.25, 0.3) is 0 Å². The van der Waals surface area contributed by atoms with E-state index in [0.717, 1.165) is 0 Å². The number of halogens is 4. The summed E-state index contributed by atoms with van der Waals surface area (Å²) < 4.78 is 6.38. The van der Waals surface area contributed by atoms with Crippen molar-refractivity contribution < 1.29 is 19.7 Å². The molecular weight excluding hydrogens is 580 g/mol. The van der Waals surface area contributed by atoms with Crippen LogP contribution in [0.5, 0.6) is 17.2 Å². The Morgan fingerprint density at radius 2 is 1.42 bits per heavy atom. The lowest BCUT2D eigenvalue weighted by molar-refractivity contribution is 0.443. The maximum absolute atomic E-state index is 12.8. The van der Waals surface area contributed by atoms with Crippen molar-refractivity contribution in [2.45, 2.75) is 0 Å². The molecule has 3 N–H and O–H groups in total. The molecule has 1 heterocycles. The number of rotatable bonds is 1. The lowest BCUT2D eigenvalue weighted by Gasteiger charge is -2.10. The van der Waals surface area contributed by atoms with Gasteiger partial charge in [-0.25, -0.2) is 0 Å². The number of aromatic hydroxyl groups is 3. The molecule has 5 nitrogen and oxygen atoms in total. The van der Waals surface area contributed by atoms with Crippen LogP contribution in [0.3, 0.4) is 0 Å². The third-order valence-electron chi connectivity index (χ3n) is 3.38. The zero-order valence-electron chi connectivity index (χ0n) is 11.4. The molecule has 9 heteroatoms. The summed E-state index contributed by atoms with van der Waals surface area (Å²) in [5.41, 5.74) is 0.198. The smallest absolute Gasteiger partial charge is 0.204 e. The van der Waals surface area contributed by atoms with Gasteiger partial charge in [-0.1, -0.05) is 0 Å². The normalized spacial score (nSPS) is 11.2. The van der Waals surface area contributed by atoms with Gasteiger partial charge in [-0.15, -0.1) is 0 Å². The Labute approximate surface area is 168 Å². The third kappa shape index (κ3) is 2.67. The van der Waals surface area contributed by atoms with E-state index in [1.165, 1.54) is 6.26 Å². The molecule has 3 rings (SSSR count). The van der Waals surface area contributed by atoms with E-state index < -0.39 is 11.2 Å². The van der Waals surface area contributed by atoms with Crippen LogP contribution >= 0.6 is 63.7 Å². The van der Waals surface area contributed by atoms with Crippen molar-refractivity contribution in [3.8, 4) is 28.4 Å². The molecule has 0 atom stereocenters. The van der Waals surface area contributed by atoms with Gasteiger partial charge in [0.1, 0.15) is 32.1 Å². The maximum atomic E-state index is 12.8. The van der Waals surface area contributed by atoms with Crippen LogP contribution in [0.15, 0.2) is 45.5 Å². The Kier molecular flexibility index (Phi) is 4.71. The minimum absolute atomic E-state index is 0.00202. The number of hydrogen-bond acceptors (Lipinski definition) is 5. The van der Waals surface area contributed by atoms with E-state index in [1.54, 1.807) is 12.1 Å². The Bertz CT molecular complexity index is 1040. The highest BCUT2D eigenvalue weighted by Gasteiger charge is 2.22. The van der Waals surface area contributed by atoms with Crippen LogP contribution in [-0.2, 0) is 0 Å². The van der Waals surface area contributed by atoms with Crippen molar-refractivity contribution in [1.29, 1.82) is 0 Å². The highest BCUT2D eigenvalue weighted by Crippen LogP contribution is 2.45. The molecule has 0 saturated carbocycles. The average Bonchev–Trinajstić information content (AvgIpc) is 2.55. The van der Waals surface area contributed by atoms with Crippen LogP contribution in [0.2, 0.25) is 0 Å². The van der Waals surface area contributed by atoms with E-state index in [9.17, 15) is 20.1 Å². The largest absolute Gasteiger partial charge is 0.506 e. The van der Waals surface area contributed by atoms with E-state index in [1.807, 2.05) is 0 Å². The number of phenolic OH excluding ortho intramolecular Hbond substituents is 3. The van der Waals surface area contributed by atoms with Gasteiger partial charge in [-0.3, -0.25) is 4.79 Å². The van der Waals surface area contributed by atoms with Crippen molar-refractivity contribution in [3.63, 3.8) is 0 Å². The highest BCUT2D eigenvalue weighted by molar-refractivity contribution is 9.11. The minimum Gasteiger partial charge on any atom is -0.506 e. The SMILES string of the molecule is O=c1c(-c2cc(Br)c(O)c(Br)c2)coc2c(Br)c(O)c(Br)c(O)c12. The molecule has 1 aromatic heterocycles. The number of fused-ring (bicyclic) bond motifs is 1. The number of benzene rings is 2. The Balaban J connectivity index is 2.41. The fraction of sp³-hybridized carbons (Fsp3) is 0. The van der Waals surface area contributed by atoms with E-state index in [-0.39, 0.29) is 37.0 Å². The summed E-state index contributed by atoms with van der Waals surface area (Å²) in [7, 11) is 0. The van der Waals surface area contributed by atoms with E-state index >= 15 is 0 Å². The molecular formula is C15H6Br4O5. The first-order chi connectivity index (χ1) is 11.2. The fourth-order valence-electron chi connectivity index (χ4n) is 2.19. The Morgan fingerprint density at radius 3 is 2.00 bits per heavy atom. The van der Waals surface area contributed by atoms with Gasteiger partial charge in [0.15, 0.2) is 11.3 Å². The lowest BCUT2D eigenvalue weighted by atomic mass is 10.0. The molecule has 0 bridgehead atoms. The van der Waals surface area contributed by atoms with E-state index in [2.05, 4.69) is 63.7 Å². The zero-order valence-corrected chi connectivity index (χ0v) is 17.7. The molecule has 0 amide bonds. The third-order valence-corrected chi connectivity index (χ3v) is 6.08. The zero-order chi connectivity index (χ0) is 17.8. The summed E-state index contributed by atoms with van der Waals surface area (Å²) in [6.07, 6.45) is 1.23. The molecule has 0 spiro atoms. The van der Waals surface area contributed by atoms with Crippen LogP contribution in [0.1, 0.15) is 0 Å². The van der Waals surface area contributed by atoms with E-state index in [0.29, 0.717) is 14.5 Å². The molecule has 0 aliphatic heterocycles. The topological polar surface area (TPSA) is 90.9 Å². The van der Waals surface area contributed by atoms with Crippen molar-refractivity contribution in [2.24, 2.45) is 0 Å². The summed E-state index contributed by atoms with van der Waals surface area (Å²) in [5, 5.41) is 29.8. The van der Waals surface area contributed by atoms with Gasteiger partial charge in [-0.05, 0) is 81.4 Å². The highest BCUT2D eigenvalue weighted by atomic mass is 79.9. The van der Waals surface area contributed by atoms with Crippen molar-refractivity contribution >= 4 is 74.7 Å². The van der Waals surface area contributed by atoms with Crippen molar-refractivity contribution in [1.82, 2.24) is 0 Å². The van der Waals surface area contributed by atoms with Gasteiger partial charge in [0, 0.05) is 0 Å². The van der Waals surface area contributed by atoms with E-state index in [4.69, 9.17) is 4.42 Å². The van der Waals surface area contributed by atoms with Crippen molar-refractivity contribution in [2.75, 3.05) is 0 Å². The molecule has 24 heavy (non-hydrogen) atoms. The average molecular weight is 586 g/mol. The van der Waals surface area contributed by atoms with Crippen LogP contribution in [0, 0.1) is 0 Å². The van der Waals surface area contributed by atoms with Crippen LogP contribution in [0.25, 0.3) is 22.1 Å². The van der Waals surface area contributed by atoms with Crippen molar-refractivity contribution in [3.05, 3.63) is 46.5 Å². The first-order valence-corrected chi connectivity index (χ1v) is 9.44.